The molecule has 0 radical (unpaired) electrons. The van der Waals surface area contributed by atoms with Crippen molar-refractivity contribution in [1.29, 1.82) is 0 Å². The van der Waals surface area contributed by atoms with Crippen LogP contribution in [0.3, 0.4) is 0 Å². The summed E-state index contributed by atoms with van der Waals surface area (Å²) in [6.07, 6.45) is 4.73. The Kier molecular flexibility index (Phi) is 4.25. The van der Waals surface area contributed by atoms with Gasteiger partial charge in [-0.2, -0.15) is 0 Å². The summed E-state index contributed by atoms with van der Waals surface area (Å²) in [6, 6.07) is 0. The Morgan fingerprint density at radius 3 is 2.83 bits per heavy atom. The molecule has 0 aromatic carbocycles. The molecule has 0 aromatic heterocycles. The van der Waals surface area contributed by atoms with Crippen LogP contribution in [0.15, 0.2) is 0 Å². The van der Waals surface area contributed by atoms with E-state index in [2.05, 4.69) is 13.5 Å². The summed E-state index contributed by atoms with van der Waals surface area (Å²) in [6.45, 7) is 6.19. The minimum Gasteiger partial charge on any atom is -0.354 e. The van der Waals surface area contributed by atoms with Gasteiger partial charge in [-0.05, 0) is 25.7 Å². The molecule has 12 heavy (non-hydrogen) atoms. The third-order valence-electron chi connectivity index (χ3n) is 2.43. The molecule has 0 N–H and O–H groups in total. The minimum absolute atomic E-state index is 0.0890. The van der Waals surface area contributed by atoms with Crippen LogP contribution < -0.4 is 0 Å². The van der Waals surface area contributed by atoms with E-state index in [0.717, 1.165) is 26.1 Å². The van der Waals surface area contributed by atoms with Gasteiger partial charge < -0.3 is 9.47 Å². The molecular weight excluding hydrogens is 168 g/mol. The molecule has 1 fully saturated rings. The summed E-state index contributed by atoms with van der Waals surface area (Å²) >= 11 is 0. The zero-order valence-electron chi connectivity index (χ0n) is 8.27. The standard InChI is InChI=1S/C9H20O2Si/c1-3-7-10-9(12-2)6-4-5-8-11-9/h3-8,12H2,1-2H3. The van der Waals surface area contributed by atoms with Gasteiger partial charge in [0.25, 0.3) is 0 Å². The van der Waals surface area contributed by atoms with Gasteiger partial charge >= 0.3 is 0 Å². The number of hydrogen-bond acceptors (Lipinski definition) is 2. The predicted octanol–water partition coefficient (Wildman–Crippen LogP) is 1.48. The average molecular weight is 188 g/mol. The summed E-state index contributed by atoms with van der Waals surface area (Å²) in [5.41, 5.74) is -0.0890. The van der Waals surface area contributed by atoms with Gasteiger partial charge in [-0.25, -0.2) is 0 Å². The summed E-state index contributed by atoms with van der Waals surface area (Å²) in [5, 5.41) is 0. The second kappa shape index (κ2) is 4.99. The Bertz CT molecular complexity index is 122. The summed E-state index contributed by atoms with van der Waals surface area (Å²) in [4.78, 5) is 0. The van der Waals surface area contributed by atoms with Crippen LogP contribution in [0.4, 0.5) is 0 Å². The number of rotatable bonds is 4. The van der Waals surface area contributed by atoms with Crippen LogP contribution in [0.25, 0.3) is 0 Å². The second-order valence-corrected chi connectivity index (χ2v) is 5.20. The van der Waals surface area contributed by atoms with Crippen LogP contribution in [-0.4, -0.2) is 28.1 Å². The molecule has 0 aliphatic carbocycles. The third-order valence-corrected chi connectivity index (χ3v) is 4.26. The lowest BCUT2D eigenvalue weighted by Crippen LogP contribution is -2.44. The van der Waals surface area contributed by atoms with Gasteiger partial charge in [0.2, 0.25) is 0 Å². The van der Waals surface area contributed by atoms with E-state index < -0.39 is 0 Å². The van der Waals surface area contributed by atoms with Gasteiger partial charge in [-0.1, -0.05) is 13.5 Å². The van der Waals surface area contributed by atoms with Crippen molar-refractivity contribution in [2.75, 3.05) is 13.2 Å². The molecule has 0 saturated carbocycles. The number of hydrogen-bond donors (Lipinski definition) is 0. The van der Waals surface area contributed by atoms with E-state index in [0.29, 0.717) is 0 Å². The largest absolute Gasteiger partial charge is 0.354 e. The highest BCUT2D eigenvalue weighted by Crippen LogP contribution is 2.25. The average Bonchev–Trinajstić information content (AvgIpc) is 2.16. The van der Waals surface area contributed by atoms with Gasteiger partial charge in [-0.3, -0.25) is 0 Å². The maximum atomic E-state index is 5.81. The second-order valence-electron chi connectivity index (χ2n) is 3.42. The fourth-order valence-corrected chi connectivity index (χ4v) is 2.91. The van der Waals surface area contributed by atoms with E-state index in [-0.39, 0.29) is 14.9 Å². The zero-order valence-corrected chi connectivity index (χ0v) is 9.68. The van der Waals surface area contributed by atoms with Crippen molar-refractivity contribution in [2.45, 2.75) is 44.6 Å². The van der Waals surface area contributed by atoms with E-state index in [1.165, 1.54) is 12.8 Å². The Morgan fingerprint density at radius 1 is 1.50 bits per heavy atom. The normalized spacial score (nSPS) is 31.5. The van der Waals surface area contributed by atoms with Crippen molar-refractivity contribution < 1.29 is 9.47 Å². The lowest BCUT2D eigenvalue weighted by atomic mass is 10.2. The molecule has 1 atom stereocenters. The van der Waals surface area contributed by atoms with Gasteiger partial charge in [0.15, 0.2) is 0 Å². The smallest absolute Gasteiger partial charge is 0.144 e. The van der Waals surface area contributed by atoms with E-state index >= 15 is 0 Å². The SMILES string of the molecule is CCCOC1([SiH2]C)CCCCO1. The Morgan fingerprint density at radius 2 is 2.33 bits per heavy atom. The van der Waals surface area contributed by atoms with Crippen molar-refractivity contribution in [2.24, 2.45) is 0 Å². The summed E-state index contributed by atoms with van der Waals surface area (Å²) in [5.74, 6) is 0. The van der Waals surface area contributed by atoms with Gasteiger partial charge in [-0.15, -0.1) is 0 Å². The van der Waals surface area contributed by atoms with Crippen molar-refractivity contribution >= 4 is 9.52 Å². The highest BCUT2D eigenvalue weighted by atomic mass is 28.2. The Labute approximate surface area is 77.5 Å². The van der Waals surface area contributed by atoms with Crippen LogP contribution in [0.1, 0.15) is 32.6 Å². The first-order valence-electron chi connectivity index (χ1n) is 5.11. The fourth-order valence-electron chi connectivity index (χ4n) is 1.61. The monoisotopic (exact) mass is 188 g/mol. The van der Waals surface area contributed by atoms with E-state index in [4.69, 9.17) is 9.47 Å². The predicted molar refractivity (Wildman–Crippen MR) is 53.2 cm³/mol. The van der Waals surface area contributed by atoms with Crippen LogP contribution in [0.2, 0.25) is 6.55 Å². The molecule has 0 aromatic rings. The van der Waals surface area contributed by atoms with Crippen molar-refractivity contribution in [1.82, 2.24) is 0 Å². The van der Waals surface area contributed by atoms with Crippen LogP contribution >= 0.6 is 0 Å². The molecule has 1 rings (SSSR count). The van der Waals surface area contributed by atoms with Crippen molar-refractivity contribution in [3.8, 4) is 0 Å². The molecule has 3 heteroatoms. The highest BCUT2D eigenvalue weighted by Gasteiger charge is 2.31. The topological polar surface area (TPSA) is 18.5 Å². The maximum Gasteiger partial charge on any atom is 0.144 e. The Hall–Kier alpha value is 0.137. The first-order chi connectivity index (χ1) is 5.83. The summed E-state index contributed by atoms with van der Waals surface area (Å²) in [7, 11) is -0.203. The lowest BCUT2D eigenvalue weighted by molar-refractivity contribution is -0.200. The molecule has 1 aliphatic heterocycles. The highest BCUT2D eigenvalue weighted by molar-refractivity contribution is 6.37. The van der Waals surface area contributed by atoms with Crippen LogP contribution in [-0.2, 0) is 9.47 Å². The molecule has 2 nitrogen and oxygen atoms in total. The van der Waals surface area contributed by atoms with Crippen molar-refractivity contribution in [3.05, 3.63) is 0 Å². The molecule has 0 bridgehead atoms. The van der Waals surface area contributed by atoms with E-state index in [1.807, 2.05) is 0 Å². The first-order valence-corrected chi connectivity index (χ1v) is 7.23. The number of ether oxygens (including phenoxy) is 2. The van der Waals surface area contributed by atoms with Gasteiger partial charge in [0.1, 0.15) is 5.41 Å². The Balaban J connectivity index is 2.37. The van der Waals surface area contributed by atoms with Gasteiger partial charge in [0.05, 0.1) is 9.52 Å². The van der Waals surface area contributed by atoms with E-state index in [1.54, 1.807) is 0 Å². The third kappa shape index (κ3) is 2.57. The molecule has 0 amide bonds. The molecule has 1 aliphatic rings. The zero-order chi connectivity index (χ0) is 8.86. The van der Waals surface area contributed by atoms with Gasteiger partial charge in [0, 0.05) is 13.2 Å². The molecular formula is C9H20O2Si. The quantitative estimate of drug-likeness (QED) is 0.622. The lowest BCUT2D eigenvalue weighted by Gasteiger charge is -2.36. The van der Waals surface area contributed by atoms with E-state index in [9.17, 15) is 0 Å². The fraction of sp³-hybridized carbons (Fsp3) is 1.00. The molecule has 1 unspecified atom stereocenters. The maximum absolute atomic E-state index is 5.81. The van der Waals surface area contributed by atoms with Crippen LogP contribution in [0.5, 0.6) is 0 Å². The first kappa shape index (κ1) is 10.2. The minimum atomic E-state index is -0.203. The van der Waals surface area contributed by atoms with Crippen molar-refractivity contribution in [3.63, 3.8) is 0 Å². The molecule has 0 spiro atoms. The van der Waals surface area contributed by atoms with Crippen LogP contribution in [0, 0.1) is 0 Å². The summed E-state index contributed by atoms with van der Waals surface area (Å²) < 4.78 is 11.6. The molecule has 72 valence electrons. The molecule has 1 saturated heterocycles. The molecule has 1 heterocycles.